The lowest BCUT2D eigenvalue weighted by atomic mass is 10.0. The molecular formula is C28H33NO4. The molecule has 174 valence electrons. The van der Waals surface area contributed by atoms with E-state index in [2.05, 4.69) is 41.9 Å². The summed E-state index contributed by atoms with van der Waals surface area (Å²) in [7, 11) is 1.65. The van der Waals surface area contributed by atoms with E-state index in [9.17, 15) is 0 Å². The van der Waals surface area contributed by atoms with E-state index in [0.29, 0.717) is 26.4 Å². The lowest BCUT2D eigenvalue weighted by Crippen LogP contribution is -2.39. The first kappa shape index (κ1) is 23.6. The van der Waals surface area contributed by atoms with Crippen molar-refractivity contribution in [1.82, 2.24) is 5.48 Å². The third-order valence-corrected chi connectivity index (χ3v) is 6.07. The maximum Gasteiger partial charge on any atom is 0.0907 e. The molecule has 1 aliphatic rings. The number of hydrogen-bond acceptors (Lipinski definition) is 5. The fourth-order valence-electron chi connectivity index (χ4n) is 4.39. The molecule has 1 fully saturated rings. The highest BCUT2D eigenvalue weighted by molar-refractivity contribution is 5.15. The van der Waals surface area contributed by atoms with Gasteiger partial charge in [0.15, 0.2) is 0 Å². The van der Waals surface area contributed by atoms with Crippen LogP contribution in [0.4, 0.5) is 0 Å². The lowest BCUT2D eigenvalue weighted by Gasteiger charge is -2.27. The summed E-state index contributed by atoms with van der Waals surface area (Å²) in [6, 6.07) is 30.8. The number of hydrogen-bond donors (Lipinski definition) is 1. The van der Waals surface area contributed by atoms with Crippen molar-refractivity contribution in [1.29, 1.82) is 0 Å². The molecule has 1 N–H and O–H groups in total. The van der Waals surface area contributed by atoms with Crippen LogP contribution in [0.3, 0.4) is 0 Å². The van der Waals surface area contributed by atoms with Gasteiger partial charge in [0.2, 0.25) is 0 Å². The average Bonchev–Trinajstić information content (AvgIpc) is 3.19. The fourth-order valence-corrected chi connectivity index (χ4v) is 4.39. The molecule has 1 saturated carbocycles. The molecule has 3 aromatic carbocycles. The first-order valence-electron chi connectivity index (χ1n) is 11.5. The van der Waals surface area contributed by atoms with Gasteiger partial charge in [-0.05, 0) is 23.1 Å². The van der Waals surface area contributed by atoms with Crippen LogP contribution in [0.25, 0.3) is 0 Å². The van der Waals surface area contributed by atoms with Crippen molar-refractivity contribution in [3.63, 3.8) is 0 Å². The molecule has 0 aliphatic heterocycles. The molecular weight excluding hydrogens is 414 g/mol. The second-order valence-corrected chi connectivity index (χ2v) is 8.43. The van der Waals surface area contributed by atoms with Gasteiger partial charge in [-0.15, -0.1) is 0 Å². The summed E-state index contributed by atoms with van der Waals surface area (Å²) in [4.78, 5) is 5.33. The third kappa shape index (κ3) is 6.97. The second-order valence-electron chi connectivity index (χ2n) is 8.43. The van der Waals surface area contributed by atoms with Crippen LogP contribution in [0.15, 0.2) is 91.0 Å². The van der Waals surface area contributed by atoms with E-state index in [1.165, 1.54) is 0 Å². The minimum absolute atomic E-state index is 0.0631. The SMILES string of the molecule is CON[C@H]1C[C@@H](OCc2ccccc2)[C@H](OCc2ccccc2)[C@H]1COCc1ccccc1. The molecule has 0 bridgehead atoms. The van der Waals surface area contributed by atoms with Crippen molar-refractivity contribution in [2.75, 3.05) is 13.7 Å². The van der Waals surface area contributed by atoms with Crippen LogP contribution in [0.5, 0.6) is 0 Å². The first-order chi connectivity index (χ1) is 16.3. The highest BCUT2D eigenvalue weighted by Gasteiger charge is 2.45. The Morgan fingerprint density at radius 2 is 1.21 bits per heavy atom. The zero-order valence-electron chi connectivity index (χ0n) is 19.1. The van der Waals surface area contributed by atoms with E-state index in [0.717, 1.165) is 23.1 Å². The molecule has 33 heavy (non-hydrogen) atoms. The summed E-state index contributed by atoms with van der Waals surface area (Å²) >= 11 is 0. The van der Waals surface area contributed by atoms with Gasteiger partial charge in [-0.3, -0.25) is 0 Å². The van der Waals surface area contributed by atoms with Crippen molar-refractivity contribution in [3.05, 3.63) is 108 Å². The van der Waals surface area contributed by atoms with Gasteiger partial charge in [0.25, 0.3) is 0 Å². The molecule has 0 radical (unpaired) electrons. The van der Waals surface area contributed by atoms with Gasteiger partial charge in [0.1, 0.15) is 0 Å². The van der Waals surface area contributed by atoms with Crippen LogP contribution < -0.4 is 5.48 Å². The molecule has 0 spiro atoms. The number of rotatable bonds is 12. The van der Waals surface area contributed by atoms with Crippen molar-refractivity contribution in [2.24, 2.45) is 5.92 Å². The Morgan fingerprint density at radius 3 is 1.76 bits per heavy atom. The van der Waals surface area contributed by atoms with Crippen LogP contribution in [0.1, 0.15) is 23.1 Å². The predicted octanol–water partition coefficient (Wildman–Crippen LogP) is 4.91. The van der Waals surface area contributed by atoms with Crippen molar-refractivity contribution < 1.29 is 19.0 Å². The van der Waals surface area contributed by atoms with Gasteiger partial charge in [-0.2, -0.15) is 5.48 Å². The van der Waals surface area contributed by atoms with E-state index in [1.807, 2.05) is 54.6 Å². The summed E-state index contributed by atoms with van der Waals surface area (Å²) in [5, 5.41) is 0. The second kappa shape index (κ2) is 12.6. The number of benzene rings is 3. The molecule has 0 aromatic heterocycles. The maximum atomic E-state index is 6.48. The number of nitrogens with one attached hydrogen (secondary N) is 1. The number of hydroxylamine groups is 1. The Hall–Kier alpha value is -2.54. The Morgan fingerprint density at radius 1 is 0.697 bits per heavy atom. The van der Waals surface area contributed by atoms with Gasteiger partial charge in [-0.1, -0.05) is 91.0 Å². The van der Waals surface area contributed by atoms with E-state index < -0.39 is 0 Å². The van der Waals surface area contributed by atoms with Gasteiger partial charge >= 0.3 is 0 Å². The highest BCUT2D eigenvalue weighted by Crippen LogP contribution is 2.33. The van der Waals surface area contributed by atoms with Gasteiger partial charge in [0.05, 0.1) is 45.7 Å². The molecule has 5 heteroatoms. The standard InChI is InChI=1S/C28H33NO4/c1-30-29-26-17-27(32-19-23-13-7-3-8-14-23)28(33-20-24-15-9-4-10-16-24)25(26)21-31-18-22-11-5-2-6-12-22/h2-16,25-29H,17-21H2,1H3/t25-,26-,27+,28+/m0/s1. The minimum Gasteiger partial charge on any atom is -0.376 e. The summed E-state index contributed by atoms with van der Waals surface area (Å²) in [6.07, 6.45) is 0.615. The zero-order chi connectivity index (χ0) is 22.7. The zero-order valence-corrected chi connectivity index (χ0v) is 19.1. The van der Waals surface area contributed by atoms with E-state index in [1.54, 1.807) is 7.11 Å². The van der Waals surface area contributed by atoms with Gasteiger partial charge in [-0.25, -0.2) is 0 Å². The Bertz CT molecular complexity index is 922. The van der Waals surface area contributed by atoms with Crippen molar-refractivity contribution in [3.8, 4) is 0 Å². The minimum atomic E-state index is -0.114. The summed E-state index contributed by atoms with van der Waals surface area (Å²) in [6.45, 7) is 2.21. The molecule has 5 nitrogen and oxygen atoms in total. The summed E-state index contributed by atoms with van der Waals surface area (Å²) in [5.41, 5.74) is 6.61. The molecule has 0 amide bonds. The Balaban J connectivity index is 1.44. The number of ether oxygens (including phenoxy) is 3. The third-order valence-electron chi connectivity index (χ3n) is 6.07. The Labute approximate surface area is 196 Å². The average molecular weight is 448 g/mol. The van der Waals surface area contributed by atoms with E-state index in [4.69, 9.17) is 19.0 Å². The van der Waals surface area contributed by atoms with E-state index in [-0.39, 0.29) is 24.2 Å². The molecule has 3 aromatic rings. The monoisotopic (exact) mass is 447 g/mol. The summed E-state index contributed by atoms with van der Waals surface area (Å²) in [5.74, 6) is 0.0955. The topological polar surface area (TPSA) is 49.0 Å². The van der Waals surface area contributed by atoms with Crippen LogP contribution in [0, 0.1) is 5.92 Å². The molecule has 4 atom stereocenters. The summed E-state index contributed by atoms with van der Waals surface area (Å²) < 4.78 is 19.0. The van der Waals surface area contributed by atoms with Crippen LogP contribution in [0.2, 0.25) is 0 Å². The molecule has 4 rings (SSSR count). The molecule has 0 heterocycles. The quantitative estimate of drug-likeness (QED) is 0.400. The van der Waals surface area contributed by atoms with E-state index >= 15 is 0 Å². The predicted molar refractivity (Wildman–Crippen MR) is 128 cm³/mol. The van der Waals surface area contributed by atoms with Crippen LogP contribution in [-0.2, 0) is 38.9 Å². The van der Waals surface area contributed by atoms with Crippen molar-refractivity contribution >= 4 is 0 Å². The maximum absolute atomic E-state index is 6.48. The Kier molecular flexibility index (Phi) is 9.04. The highest BCUT2D eigenvalue weighted by atomic mass is 16.6. The fraction of sp³-hybridized carbons (Fsp3) is 0.357. The first-order valence-corrected chi connectivity index (χ1v) is 11.5. The van der Waals surface area contributed by atoms with Gasteiger partial charge < -0.3 is 19.0 Å². The normalized spacial score (nSPS) is 22.5. The van der Waals surface area contributed by atoms with Crippen LogP contribution in [-0.4, -0.2) is 32.0 Å². The van der Waals surface area contributed by atoms with Crippen molar-refractivity contribution in [2.45, 2.75) is 44.5 Å². The smallest absolute Gasteiger partial charge is 0.0907 e. The lowest BCUT2D eigenvalue weighted by molar-refractivity contribution is -0.0976. The largest absolute Gasteiger partial charge is 0.376 e. The molecule has 0 saturated heterocycles. The molecule has 0 unspecified atom stereocenters. The van der Waals surface area contributed by atoms with Crippen LogP contribution >= 0.6 is 0 Å². The van der Waals surface area contributed by atoms with Gasteiger partial charge in [0, 0.05) is 12.0 Å². The molecule has 1 aliphatic carbocycles.